The van der Waals surface area contributed by atoms with Crippen molar-refractivity contribution in [1.82, 2.24) is 10.6 Å². The van der Waals surface area contributed by atoms with Gasteiger partial charge in [-0.2, -0.15) is 0 Å². The van der Waals surface area contributed by atoms with Crippen LogP contribution >= 0.6 is 11.6 Å². The fourth-order valence-corrected chi connectivity index (χ4v) is 2.40. The Labute approximate surface area is 133 Å². The molecule has 1 aliphatic heterocycles. The van der Waals surface area contributed by atoms with E-state index >= 15 is 0 Å². The molecule has 1 heterocycles. The van der Waals surface area contributed by atoms with Crippen LogP contribution in [0.1, 0.15) is 29.6 Å². The predicted molar refractivity (Wildman–Crippen MR) is 80.6 cm³/mol. The standard InChI is InChI=1S/C15H17ClN2O4/c16-11-6-9(7-12-14(11)22-5-1-4-21-12)15(20)17-8-13(19)18-10-2-3-10/h6-7,10H,1-5,8H2,(H,17,20)(H,18,19). The minimum Gasteiger partial charge on any atom is -0.489 e. The fraction of sp³-hybridized carbons (Fsp3) is 0.467. The van der Waals surface area contributed by atoms with Gasteiger partial charge in [0, 0.05) is 18.0 Å². The van der Waals surface area contributed by atoms with Crippen LogP contribution < -0.4 is 20.1 Å². The third-order valence-corrected chi connectivity index (χ3v) is 3.70. The third-order valence-electron chi connectivity index (χ3n) is 3.42. The highest BCUT2D eigenvalue weighted by molar-refractivity contribution is 6.32. The molecule has 0 saturated heterocycles. The van der Waals surface area contributed by atoms with E-state index < -0.39 is 0 Å². The third kappa shape index (κ3) is 3.62. The lowest BCUT2D eigenvalue weighted by Gasteiger charge is -2.11. The van der Waals surface area contributed by atoms with E-state index in [2.05, 4.69) is 10.6 Å². The van der Waals surface area contributed by atoms with Crippen molar-refractivity contribution < 1.29 is 19.1 Å². The van der Waals surface area contributed by atoms with E-state index in [0.717, 1.165) is 19.3 Å². The normalized spacial score (nSPS) is 16.6. The topological polar surface area (TPSA) is 76.7 Å². The Bertz CT molecular complexity index is 601. The van der Waals surface area contributed by atoms with Gasteiger partial charge >= 0.3 is 0 Å². The molecule has 0 unspecified atom stereocenters. The molecular weight excluding hydrogens is 308 g/mol. The average molecular weight is 325 g/mol. The second kappa shape index (κ2) is 6.44. The van der Waals surface area contributed by atoms with Crippen LogP contribution in [0.4, 0.5) is 0 Å². The van der Waals surface area contributed by atoms with E-state index in [0.29, 0.717) is 35.3 Å². The maximum Gasteiger partial charge on any atom is 0.251 e. The summed E-state index contributed by atoms with van der Waals surface area (Å²) in [4.78, 5) is 23.7. The average Bonchev–Trinajstić information content (AvgIpc) is 3.31. The second-order valence-corrected chi connectivity index (χ2v) is 5.77. The molecule has 1 fully saturated rings. The van der Waals surface area contributed by atoms with Gasteiger partial charge in [0.15, 0.2) is 11.5 Å². The Morgan fingerprint density at radius 3 is 2.77 bits per heavy atom. The number of benzene rings is 1. The SMILES string of the molecule is O=C(CNC(=O)c1cc(Cl)c2c(c1)OCCCO2)NC1CC1. The smallest absolute Gasteiger partial charge is 0.251 e. The molecule has 22 heavy (non-hydrogen) atoms. The molecule has 0 radical (unpaired) electrons. The first-order valence-electron chi connectivity index (χ1n) is 7.30. The van der Waals surface area contributed by atoms with Crippen molar-refractivity contribution in [2.45, 2.75) is 25.3 Å². The maximum absolute atomic E-state index is 12.1. The van der Waals surface area contributed by atoms with Crippen molar-refractivity contribution in [3.63, 3.8) is 0 Å². The summed E-state index contributed by atoms with van der Waals surface area (Å²) in [5, 5.41) is 5.71. The number of carbonyl (C=O) groups is 2. The fourth-order valence-electron chi connectivity index (χ4n) is 2.13. The van der Waals surface area contributed by atoms with E-state index in [9.17, 15) is 9.59 Å². The summed E-state index contributed by atoms with van der Waals surface area (Å²) in [5.74, 6) is 0.361. The van der Waals surface area contributed by atoms with Gasteiger partial charge in [0.05, 0.1) is 24.8 Å². The Balaban J connectivity index is 1.65. The van der Waals surface area contributed by atoms with E-state index in [1.54, 1.807) is 6.07 Å². The van der Waals surface area contributed by atoms with Gasteiger partial charge < -0.3 is 20.1 Å². The number of hydrogen-bond donors (Lipinski definition) is 2. The van der Waals surface area contributed by atoms with Crippen molar-refractivity contribution in [3.05, 3.63) is 22.7 Å². The van der Waals surface area contributed by atoms with Crippen molar-refractivity contribution in [1.29, 1.82) is 0 Å². The van der Waals surface area contributed by atoms with Gasteiger partial charge in [0.2, 0.25) is 5.91 Å². The van der Waals surface area contributed by atoms with Crippen LogP contribution in [-0.2, 0) is 4.79 Å². The number of hydrogen-bond acceptors (Lipinski definition) is 4. The van der Waals surface area contributed by atoms with Crippen LogP contribution in [0.3, 0.4) is 0 Å². The highest BCUT2D eigenvalue weighted by Gasteiger charge is 2.23. The summed E-state index contributed by atoms with van der Waals surface area (Å²) in [6, 6.07) is 3.38. The van der Waals surface area contributed by atoms with Gasteiger partial charge in [0.1, 0.15) is 0 Å². The van der Waals surface area contributed by atoms with Gasteiger partial charge in [-0.1, -0.05) is 11.6 Å². The molecule has 1 aromatic carbocycles. The molecule has 2 aliphatic rings. The number of amides is 2. The first-order chi connectivity index (χ1) is 10.6. The lowest BCUT2D eigenvalue weighted by atomic mass is 10.2. The Morgan fingerprint density at radius 1 is 1.23 bits per heavy atom. The molecule has 1 aliphatic carbocycles. The number of nitrogens with one attached hydrogen (secondary N) is 2. The number of halogens is 1. The van der Waals surface area contributed by atoms with Crippen molar-refractivity contribution in [2.75, 3.05) is 19.8 Å². The number of rotatable bonds is 4. The van der Waals surface area contributed by atoms with Gasteiger partial charge in [-0.25, -0.2) is 0 Å². The molecule has 118 valence electrons. The van der Waals surface area contributed by atoms with Crippen LogP contribution in [-0.4, -0.2) is 37.6 Å². The summed E-state index contributed by atoms with van der Waals surface area (Å²) in [6.07, 6.45) is 2.78. The zero-order chi connectivity index (χ0) is 15.5. The molecule has 0 spiro atoms. The summed E-state index contributed by atoms with van der Waals surface area (Å²) in [6.45, 7) is 0.985. The predicted octanol–water partition coefficient (Wildman–Crippen LogP) is 1.51. The molecule has 0 aromatic heterocycles. The Kier molecular flexibility index (Phi) is 4.38. The van der Waals surface area contributed by atoms with Gasteiger partial charge in [0.25, 0.3) is 5.91 Å². The summed E-state index contributed by atoms with van der Waals surface area (Å²) in [5.41, 5.74) is 0.341. The molecule has 6 nitrogen and oxygen atoms in total. The van der Waals surface area contributed by atoms with E-state index in [1.807, 2.05) is 0 Å². The molecule has 0 bridgehead atoms. The molecule has 1 saturated carbocycles. The Morgan fingerprint density at radius 2 is 2.00 bits per heavy atom. The maximum atomic E-state index is 12.1. The lowest BCUT2D eigenvalue weighted by Crippen LogP contribution is -2.37. The molecule has 3 rings (SSSR count). The van der Waals surface area contributed by atoms with Gasteiger partial charge in [-0.05, 0) is 25.0 Å². The highest BCUT2D eigenvalue weighted by Crippen LogP contribution is 2.37. The van der Waals surface area contributed by atoms with Crippen molar-refractivity contribution >= 4 is 23.4 Å². The first kappa shape index (κ1) is 15.0. The second-order valence-electron chi connectivity index (χ2n) is 5.36. The molecule has 2 N–H and O–H groups in total. The van der Waals surface area contributed by atoms with E-state index in [1.165, 1.54) is 6.07 Å². The summed E-state index contributed by atoms with van der Waals surface area (Å²) in [7, 11) is 0. The zero-order valence-electron chi connectivity index (χ0n) is 12.0. The lowest BCUT2D eigenvalue weighted by molar-refractivity contribution is -0.120. The molecular formula is C15H17ClN2O4. The van der Waals surface area contributed by atoms with E-state index in [4.69, 9.17) is 21.1 Å². The summed E-state index contributed by atoms with van der Waals surface area (Å²) >= 11 is 6.14. The van der Waals surface area contributed by atoms with Gasteiger partial charge in [-0.3, -0.25) is 9.59 Å². The van der Waals surface area contributed by atoms with Gasteiger partial charge in [-0.15, -0.1) is 0 Å². The van der Waals surface area contributed by atoms with Crippen LogP contribution in [0, 0.1) is 0 Å². The van der Waals surface area contributed by atoms with E-state index in [-0.39, 0.29) is 24.4 Å². The Hall–Kier alpha value is -1.95. The minimum atomic E-state index is -0.372. The first-order valence-corrected chi connectivity index (χ1v) is 7.68. The molecule has 2 amide bonds. The molecule has 7 heteroatoms. The minimum absolute atomic E-state index is 0.0542. The zero-order valence-corrected chi connectivity index (χ0v) is 12.7. The summed E-state index contributed by atoms with van der Waals surface area (Å²) < 4.78 is 11.0. The highest BCUT2D eigenvalue weighted by atomic mass is 35.5. The number of fused-ring (bicyclic) bond motifs is 1. The number of ether oxygens (including phenoxy) is 2. The van der Waals surface area contributed by atoms with Crippen molar-refractivity contribution in [3.8, 4) is 11.5 Å². The molecule has 0 atom stereocenters. The number of carbonyl (C=O) groups excluding carboxylic acids is 2. The molecule has 1 aromatic rings. The monoisotopic (exact) mass is 324 g/mol. The quantitative estimate of drug-likeness (QED) is 0.880. The largest absolute Gasteiger partial charge is 0.489 e. The van der Waals surface area contributed by atoms with Crippen LogP contribution in [0.5, 0.6) is 11.5 Å². The van der Waals surface area contributed by atoms with Crippen LogP contribution in [0.2, 0.25) is 5.02 Å². The van der Waals surface area contributed by atoms with Crippen LogP contribution in [0.15, 0.2) is 12.1 Å². The van der Waals surface area contributed by atoms with Crippen LogP contribution in [0.25, 0.3) is 0 Å². The van der Waals surface area contributed by atoms with Crippen molar-refractivity contribution in [2.24, 2.45) is 0 Å².